The summed E-state index contributed by atoms with van der Waals surface area (Å²) in [7, 11) is 0. The number of aromatic amines is 1. The molecular formula is C36H37F3N10O7. The molecule has 56 heavy (non-hydrogen) atoms. The second-order valence-corrected chi connectivity index (χ2v) is 13.8. The second kappa shape index (κ2) is 15.2. The molecule has 3 aromatic heterocycles. The van der Waals surface area contributed by atoms with Crippen LogP contribution in [0.15, 0.2) is 64.6 Å². The van der Waals surface area contributed by atoms with Crippen molar-refractivity contribution in [2.45, 2.75) is 51.0 Å². The first-order chi connectivity index (χ1) is 26.7. The lowest BCUT2D eigenvalue weighted by Gasteiger charge is -2.35. The maximum absolute atomic E-state index is 15.5. The van der Waals surface area contributed by atoms with Gasteiger partial charge in [0.2, 0.25) is 6.23 Å². The number of benzene rings is 2. The fourth-order valence-electron chi connectivity index (χ4n) is 6.69. The van der Waals surface area contributed by atoms with Crippen LogP contribution in [0.5, 0.6) is 11.5 Å². The zero-order chi connectivity index (χ0) is 39.9. The van der Waals surface area contributed by atoms with Crippen LogP contribution in [0.3, 0.4) is 0 Å². The summed E-state index contributed by atoms with van der Waals surface area (Å²) in [5, 5.41) is 38.8. The number of aliphatic hydroxyl groups is 1. The Balaban J connectivity index is 0.953. The van der Waals surface area contributed by atoms with Gasteiger partial charge in [0.1, 0.15) is 34.6 Å². The van der Waals surface area contributed by atoms with Crippen molar-refractivity contribution >= 4 is 17.5 Å². The molecule has 294 valence electrons. The number of anilines is 2. The third kappa shape index (κ3) is 7.57. The zero-order valence-corrected chi connectivity index (χ0v) is 30.1. The number of carbonyl (C=O) groups excluding carboxylic acids is 1. The van der Waals surface area contributed by atoms with Gasteiger partial charge < -0.3 is 30.3 Å². The molecule has 2 aliphatic rings. The molecule has 0 bridgehead atoms. The molecule has 5 aromatic rings. The van der Waals surface area contributed by atoms with Crippen molar-refractivity contribution in [3.63, 3.8) is 0 Å². The van der Waals surface area contributed by atoms with E-state index >= 15 is 4.39 Å². The summed E-state index contributed by atoms with van der Waals surface area (Å²) in [6.07, 6.45) is -0.136. The highest BCUT2D eigenvalue weighted by Crippen LogP contribution is 2.42. The maximum atomic E-state index is 15.5. The van der Waals surface area contributed by atoms with Gasteiger partial charge in [-0.3, -0.25) is 14.3 Å². The third-order valence-electron chi connectivity index (χ3n) is 9.65. The van der Waals surface area contributed by atoms with Gasteiger partial charge in [-0.05, 0) is 35.7 Å². The Morgan fingerprint density at radius 3 is 2.46 bits per heavy atom. The molecule has 2 saturated heterocycles. The molecule has 0 spiro atoms. The number of nitrogens with zero attached hydrogens (tertiary/aromatic N) is 8. The van der Waals surface area contributed by atoms with Crippen molar-refractivity contribution in [1.82, 2.24) is 39.2 Å². The fraction of sp³-hybridized carbons (Fsp3) is 0.361. The molecule has 5 heterocycles. The van der Waals surface area contributed by atoms with Gasteiger partial charge in [-0.2, -0.15) is 10.1 Å². The molecule has 2 unspecified atom stereocenters. The van der Waals surface area contributed by atoms with Gasteiger partial charge in [-0.15, -0.1) is 0 Å². The SMILES string of the molecule is CC(C)c1cc(-c2n[nH]c(=O)n2-c2ccc(CN3CCN(c4cnc(C(=O)Nc5ccn(C6OC(CO)CC6(F)F)c(=O)n5)cn4)CC3)c(F)c2)c(O)cc1O. The summed E-state index contributed by atoms with van der Waals surface area (Å²) in [5.41, 5.74) is -0.472. The van der Waals surface area contributed by atoms with E-state index in [1.807, 2.05) is 23.6 Å². The average Bonchev–Trinajstić information content (AvgIpc) is 3.70. The molecule has 20 heteroatoms. The lowest BCUT2D eigenvalue weighted by molar-refractivity contribution is -0.120. The summed E-state index contributed by atoms with van der Waals surface area (Å²) in [5.74, 6) is -4.80. The molecule has 7 rings (SSSR count). The van der Waals surface area contributed by atoms with Crippen LogP contribution in [-0.2, 0) is 11.3 Å². The van der Waals surface area contributed by atoms with Crippen molar-refractivity contribution in [2.75, 3.05) is 43.0 Å². The molecule has 5 N–H and O–H groups in total. The number of aliphatic hydroxyl groups excluding tert-OH is 1. The Morgan fingerprint density at radius 2 is 1.82 bits per heavy atom. The summed E-state index contributed by atoms with van der Waals surface area (Å²) in [6, 6.07) is 8.30. The predicted octanol–water partition coefficient (Wildman–Crippen LogP) is 2.74. The van der Waals surface area contributed by atoms with Crippen molar-refractivity contribution in [2.24, 2.45) is 0 Å². The Labute approximate surface area is 315 Å². The largest absolute Gasteiger partial charge is 0.508 e. The minimum atomic E-state index is -3.41. The number of phenolic OH excluding ortho intramolecular Hbond substituents is 2. The number of halogens is 3. The highest BCUT2D eigenvalue weighted by atomic mass is 19.3. The van der Waals surface area contributed by atoms with Crippen LogP contribution in [0.4, 0.5) is 24.8 Å². The van der Waals surface area contributed by atoms with Crippen molar-refractivity contribution in [3.05, 3.63) is 98.6 Å². The van der Waals surface area contributed by atoms with Crippen LogP contribution >= 0.6 is 0 Å². The molecule has 0 aliphatic carbocycles. The Bertz CT molecular complexity index is 2380. The molecule has 0 saturated carbocycles. The monoisotopic (exact) mass is 778 g/mol. The summed E-state index contributed by atoms with van der Waals surface area (Å²) >= 11 is 0. The number of hydrogen-bond donors (Lipinski definition) is 5. The van der Waals surface area contributed by atoms with Crippen LogP contribution in [0.25, 0.3) is 17.1 Å². The number of alkyl halides is 2. The Hall–Kier alpha value is -6.12. The summed E-state index contributed by atoms with van der Waals surface area (Å²) in [4.78, 5) is 54.3. The quantitative estimate of drug-likeness (QED) is 0.138. The van der Waals surface area contributed by atoms with E-state index in [0.29, 0.717) is 47.7 Å². The summed E-state index contributed by atoms with van der Waals surface area (Å²) < 4.78 is 51.1. The maximum Gasteiger partial charge on any atom is 0.351 e. The Kier molecular flexibility index (Phi) is 10.4. The van der Waals surface area contributed by atoms with Gasteiger partial charge in [-0.1, -0.05) is 19.9 Å². The molecular weight excluding hydrogens is 741 g/mol. The molecule has 2 fully saturated rings. The molecule has 2 atom stereocenters. The van der Waals surface area contributed by atoms with Gasteiger partial charge in [0.25, 0.3) is 11.8 Å². The van der Waals surface area contributed by atoms with Gasteiger partial charge in [0.15, 0.2) is 5.82 Å². The lowest BCUT2D eigenvalue weighted by Crippen LogP contribution is -2.46. The van der Waals surface area contributed by atoms with E-state index in [9.17, 15) is 38.5 Å². The number of aromatic nitrogens is 7. The van der Waals surface area contributed by atoms with Crippen LogP contribution in [0.2, 0.25) is 0 Å². The number of hydrogen-bond acceptors (Lipinski definition) is 13. The van der Waals surface area contributed by atoms with E-state index in [1.165, 1.54) is 24.5 Å². The van der Waals surface area contributed by atoms with Gasteiger partial charge >= 0.3 is 11.4 Å². The van der Waals surface area contributed by atoms with E-state index < -0.39 is 54.4 Å². The molecule has 2 aliphatic heterocycles. The third-order valence-corrected chi connectivity index (χ3v) is 9.65. The zero-order valence-electron chi connectivity index (χ0n) is 30.1. The van der Waals surface area contributed by atoms with E-state index in [2.05, 4.69) is 30.5 Å². The van der Waals surface area contributed by atoms with Crippen molar-refractivity contribution < 1.29 is 38.0 Å². The minimum Gasteiger partial charge on any atom is -0.508 e. The van der Waals surface area contributed by atoms with E-state index in [-0.39, 0.29) is 52.5 Å². The van der Waals surface area contributed by atoms with Gasteiger partial charge in [0, 0.05) is 57.0 Å². The Morgan fingerprint density at radius 1 is 1.05 bits per heavy atom. The normalized spacial score (nSPS) is 18.4. The molecule has 2 aromatic carbocycles. The summed E-state index contributed by atoms with van der Waals surface area (Å²) in [6.45, 7) is 5.52. The molecule has 1 amide bonds. The van der Waals surface area contributed by atoms with Gasteiger partial charge in [-0.25, -0.2) is 42.4 Å². The van der Waals surface area contributed by atoms with E-state index in [4.69, 9.17) is 4.74 Å². The number of nitrogens with one attached hydrogen (secondary N) is 2. The predicted molar refractivity (Wildman–Crippen MR) is 194 cm³/mol. The number of carbonyl (C=O) groups is 1. The van der Waals surface area contributed by atoms with Crippen molar-refractivity contribution in [3.8, 4) is 28.6 Å². The number of aromatic hydroxyl groups is 2. The number of amides is 1. The van der Waals surface area contributed by atoms with Crippen LogP contribution in [-0.4, -0.2) is 105 Å². The second-order valence-electron chi connectivity index (χ2n) is 13.8. The number of phenols is 2. The molecule has 17 nitrogen and oxygen atoms in total. The minimum absolute atomic E-state index is 0.0545. The van der Waals surface area contributed by atoms with Crippen LogP contribution in [0, 0.1) is 5.82 Å². The first kappa shape index (κ1) is 38.2. The van der Waals surface area contributed by atoms with Crippen LogP contribution < -0.4 is 21.6 Å². The van der Waals surface area contributed by atoms with Crippen LogP contribution in [0.1, 0.15) is 54.0 Å². The highest BCUT2D eigenvalue weighted by molar-refractivity contribution is 6.02. The standard InChI is InChI=1S/C36H37F3N10O7/c1-19(2)23-12-24(28(52)13-27(23)51)31-44-45-35(55)49(31)21-4-3-20(25(37)11-21)17-46-7-9-47(10-8-46)30-16-40-26(15-41-30)32(53)42-29-5-6-48(34(54)43-29)33-36(38,39)14-22(18-50)56-33/h3-6,11-13,15-16,19,22,33,50-52H,7-10,14,17-18H2,1-2H3,(H,45,55)(H,42,43,53,54). The highest BCUT2D eigenvalue weighted by Gasteiger charge is 2.51. The van der Waals surface area contributed by atoms with E-state index in [0.717, 1.165) is 16.8 Å². The average molecular weight is 779 g/mol. The van der Waals surface area contributed by atoms with Gasteiger partial charge in [0.05, 0.1) is 36.4 Å². The molecule has 0 radical (unpaired) electrons. The number of ether oxygens (including phenoxy) is 1. The smallest absolute Gasteiger partial charge is 0.351 e. The van der Waals surface area contributed by atoms with E-state index in [1.54, 1.807) is 18.2 Å². The fourth-order valence-corrected chi connectivity index (χ4v) is 6.69. The first-order valence-corrected chi connectivity index (χ1v) is 17.6. The first-order valence-electron chi connectivity index (χ1n) is 17.6. The number of H-pyrrole nitrogens is 1. The number of rotatable bonds is 10. The topological polar surface area (TPSA) is 217 Å². The van der Waals surface area contributed by atoms with Crippen molar-refractivity contribution in [1.29, 1.82) is 0 Å². The lowest BCUT2D eigenvalue weighted by atomic mass is 9.98. The number of piperazine rings is 1.